The number of carboxylic acids is 5. The third kappa shape index (κ3) is 50.2. The Bertz CT molecular complexity index is 3170. The summed E-state index contributed by atoms with van der Waals surface area (Å²) >= 11 is 0. The smallest absolute Gasteiger partial charge is 0.407 e. The summed E-state index contributed by atoms with van der Waals surface area (Å²) in [5.41, 5.74) is 4.09. The van der Waals surface area contributed by atoms with Gasteiger partial charge in [0.15, 0.2) is 0 Å². The maximum Gasteiger partial charge on any atom is 0.407 e. The normalized spacial score (nSPS) is 16.1. The lowest BCUT2D eigenvalue weighted by Gasteiger charge is -2.39. The molecule has 2 aliphatic rings. The van der Waals surface area contributed by atoms with Gasteiger partial charge in [-0.3, -0.25) is 68.1 Å². The van der Waals surface area contributed by atoms with Gasteiger partial charge in [0.1, 0.15) is 0 Å². The van der Waals surface area contributed by atoms with Crippen LogP contribution in [0.15, 0.2) is 121 Å². The van der Waals surface area contributed by atoms with Crippen LogP contribution in [0.3, 0.4) is 0 Å². The van der Waals surface area contributed by atoms with Crippen molar-refractivity contribution >= 4 is 35.9 Å². The van der Waals surface area contributed by atoms with E-state index in [1.807, 2.05) is 136 Å². The van der Waals surface area contributed by atoms with Crippen molar-refractivity contribution in [3.05, 3.63) is 144 Å². The van der Waals surface area contributed by atoms with Crippen molar-refractivity contribution in [1.29, 1.82) is 0 Å². The fourth-order valence-corrected chi connectivity index (χ4v) is 13.6. The van der Waals surface area contributed by atoms with E-state index < -0.39 is 73.3 Å². The van der Waals surface area contributed by atoms with Gasteiger partial charge in [0.05, 0.1) is 216 Å². The van der Waals surface area contributed by atoms with Crippen LogP contribution in [0.1, 0.15) is 22.3 Å². The van der Waals surface area contributed by atoms with Crippen LogP contribution in [-0.4, -0.2) is 459 Å². The van der Waals surface area contributed by atoms with E-state index in [-0.39, 0.29) is 243 Å². The molecule has 36 heteroatoms. The van der Waals surface area contributed by atoms with E-state index in [9.17, 15) is 69.6 Å². The van der Waals surface area contributed by atoms with E-state index in [1.54, 1.807) is 24.5 Å². The number of ether oxygens (including phenoxy) is 12. The minimum atomic E-state index is -1.23. The monoisotopic (exact) mass is 1710 g/mol. The summed E-state index contributed by atoms with van der Waals surface area (Å²) in [6.45, 7) is 6.70. The average Bonchev–Trinajstić information content (AvgIpc) is 1.24. The second-order valence-corrected chi connectivity index (χ2v) is 29.7. The number of aliphatic hydroxyl groups is 2. The Kier molecular flexibility index (Phi) is 54.4. The Morgan fingerprint density at radius 2 is 0.471 bits per heavy atom. The molecule has 36 nitrogen and oxygen atoms in total. The van der Waals surface area contributed by atoms with E-state index in [0.717, 1.165) is 27.2 Å². The second-order valence-electron chi connectivity index (χ2n) is 29.7. The lowest BCUT2D eigenvalue weighted by molar-refractivity contribution is -0.140. The molecule has 2 saturated heterocycles. The van der Waals surface area contributed by atoms with Crippen molar-refractivity contribution < 1.29 is 126 Å². The third-order valence-corrected chi connectivity index (χ3v) is 20.0. The van der Waals surface area contributed by atoms with Gasteiger partial charge in [0.2, 0.25) is 0 Å². The molecule has 2 fully saturated rings. The van der Waals surface area contributed by atoms with Gasteiger partial charge in [-0.25, -0.2) is 4.79 Å². The Labute approximate surface area is 711 Å². The summed E-state index contributed by atoms with van der Waals surface area (Å²) in [5, 5.41) is 85.9. The summed E-state index contributed by atoms with van der Waals surface area (Å²) in [7, 11) is 0. The highest BCUT2D eigenvalue weighted by Gasteiger charge is 2.31. The summed E-state index contributed by atoms with van der Waals surface area (Å²) < 4.78 is 73.6. The summed E-state index contributed by atoms with van der Waals surface area (Å²) in [5.74, 6) is -5.49. The zero-order chi connectivity index (χ0) is 86.5. The molecule has 6 rings (SSSR count). The van der Waals surface area contributed by atoms with Gasteiger partial charge in [-0.1, -0.05) is 121 Å². The Morgan fingerprint density at radius 3 is 0.686 bits per heavy atom. The number of amides is 1. The van der Waals surface area contributed by atoms with Gasteiger partial charge < -0.3 is 103 Å². The van der Waals surface area contributed by atoms with Crippen LogP contribution in [0, 0.1) is 0 Å². The number of aliphatic hydroxyl groups excluding tert-OH is 2. The molecule has 4 aromatic carbocycles. The van der Waals surface area contributed by atoms with Crippen LogP contribution >= 0.6 is 0 Å². The van der Waals surface area contributed by atoms with Gasteiger partial charge in [0, 0.05) is 144 Å². The molecule has 1 amide bonds. The van der Waals surface area contributed by atoms with Gasteiger partial charge in [-0.05, 0) is 22.3 Å². The number of hydrogen-bond donors (Lipinski definition) is 8. The van der Waals surface area contributed by atoms with E-state index in [0.29, 0.717) is 79.3 Å². The van der Waals surface area contributed by atoms with Crippen molar-refractivity contribution in [2.24, 2.45) is 0 Å². The second kappa shape index (κ2) is 64.4. The molecular formula is C85H134N10O26. The molecule has 0 radical (unpaired) electrons. The molecule has 0 aliphatic carbocycles. The lowest BCUT2D eigenvalue weighted by Crippen LogP contribution is -2.55. The third-order valence-electron chi connectivity index (χ3n) is 20.0. The largest absolute Gasteiger partial charge is 0.480 e. The zero-order valence-corrected chi connectivity index (χ0v) is 70.3. The number of benzene rings is 4. The molecule has 2 atom stereocenters. The van der Waals surface area contributed by atoms with Crippen molar-refractivity contribution in [3.63, 3.8) is 0 Å². The highest BCUT2D eigenvalue weighted by Crippen LogP contribution is 2.15. The Morgan fingerprint density at radius 1 is 0.273 bits per heavy atom. The van der Waals surface area contributed by atoms with E-state index >= 15 is 0 Å². The maximum absolute atomic E-state index is 12.8. The Hall–Kier alpha value is -7.42. The fourth-order valence-electron chi connectivity index (χ4n) is 13.6. The zero-order valence-electron chi connectivity index (χ0n) is 70.3. The number of nitrogens with zero attached hydrogens (tertiary/aromatic N) is 10. The SMILES string of the molecule is O=C(O)CN1CCN(CC(=O)O)CCN(CC(O)CN(CCN(CC(O)CN2CCN(CC(=O)O)CCN(C(=O)O)CCN(CC(=O)O)CC2)C(COCCOCCOCc2ccccc2)COCCOCCOCc2ccccc2)C(COCCOCCOCc2ccccc2)COCCOCCOCc2ccccc2)CCN(CC(=O)O)CC1. The number of aliphatic carboxylic acids is 5. The van der Waals surface area contributed by atoms with E-state index in [2.05, 4.69) is 4.90 Å². The van der Waals surface area contributed by atoms with Crippen molar-refractivity contribution in [1.82, 2.24) is 49.0 Å². The van der Waals surface area contributed by atoms with Gasteiger partial charge in [-0.2, -0.15) is 0 Å². The summed E-state index contributed by atoms with van der Waals surface area (Å²) in [6.07, 6.45) is -3.55. The van der Waals surface area contributed by atoms with Crippen LogP contribution in [0.25, 0.3) is 0 Å². The van der Waals surface area contributed by atoms with Gasteiger partial charge >= 0.3 is 35.9 Å². The van der Waals surface area contributed by atoms with Crippen molar-refractivity contribution in [3.8, 4) is 0 Å². The summed E-state index contributed by atoms with van der Waals surface area (Å²) in [6, 6.07) is 37.9. The Balaban J connectivity index is 1.34. The topological polar surface area (TPSA) is 407 Å². The number of carboxylic acid groups (broad SMARTS) is 6. The van der Waals surface area contributed by atoms with E-state index in [1.165, 1.54) is 0 Å². The van der Waals surface area contributed by atoms with Crippen LogP contribution < -0.4 is 0 Å². The van der Waals surface area contributed by atoms with Crippen molar-refractivity contribution in [2.75, 3.05) is 309 Å². The molecule has 2 aliphatic heterocycles. The van der Waals surface area contributed by atoms with Crippen LogP contribution in [0.2, 0.25) is 0 Å². The highest BCUT2D eigenvalue weighted by molar-refractivity contribution is 5.70. The standard InChI is InChI=1S/C85H134N10O26/c96-78(55-86-21-25-88(59-80(98)99)29-31-90(61-82(102)103)32-30-89(26-22-86)60-81(100)101)57-94(76(68-118-51-43-110-39-47-114-64-72-13-5-1-6-14-72)69-119-52-44-111-40-48-115-65-73-15-7-2-8-16-73)37-38-95(58-79(97)56-87-23-27-91(62-83(104)105)33-35-93(85(108)109)36-34-92(28-24-87)63-84(106)107)77(70-120-53-45-112-41-49-116-66-74-17-9-3-10-18-74)71-121-54-46-113-42-50-117-67-75-19-11-4-12-20-75/h1-20,76-79,96-97H,21-71H2,(H,98,99)(H,100,101)(H,102,103)(H,104,105)(H,106,107)(H,108,109). The fraction of sp³-hybridized carbons (Fsp3) is 0.647. The quantitative estimate of drug-likeness (QED) is 0.0291. The molecule has 8 N–H and O–H groups in total. The lowest BCUT2D eigenvalue weighted by atomic mass is 10.1. The predicted octanol–water partition coefficient (Wildman–Crippen LogP) is 1.59. The first-order valence-electron chi connectivity index (χ1n) is 41.9. The minimum absolute atomic E-state index is 0.00770. The maximum atomic E-state index is 12.8. The highest BCUT2D eigenvalue weighted by atomic mass is 16.6. The first-order chi connectivity index (χ1) is 58.8. The molecule has 2 heterocycles. The molecule has 121 heavy (non-hydrogen) atoms. The van der Waals surface area contributed by atoms with Gasteiger partial charge in [-0.15, -0.1) is 0 Å². The first kappa shape index (κ1) is 102. The number of β-amino-alcohol motifs (C(OH)–C–C–N with tert-alkyl or cyclic N) is 2. The summed E-state index contributed by atoms with van der Waals surface area (Å²) in [4.78, 5) is 91.3. The van der Waals surface area contributed by atoms with E-state index in [4.69, 9.17) is 56.8 Å². The first-order valence-corrected chi connectivity index (χ1v) is 41.9. The number of hydrogen-bond acceptors (Lipinski definition) is 29. The molecule has 0 spiro atoms. The minimum Gasteiger partial charge on any atom is -0.480 e. The van der Waals surface area contributed by atoms with Gasteiger partial charge in [0.25, 0.3) is 0 Å². The van der Waals surface area contributed by atoms with Crippen LogP contribution in [0.5, 0.6) is 0 Å². The number of rotatable bonds is 63. The molecule has 4 aromatic rings. The average molecular weight is 1710 g/mol. The molecule has 2 unspecified atom stereocenters. The molecule has 680 valence electrons. The molecule has 0 aromatic heterocycles. The van der Waals surface area contributed by atoms with Crippen LogP contribution in [-0.2, 0) is 107 Å². The van der Waals surface area contributed by atoms with Crippen LogP contribution in [0.4, 0.5) is 4.79 Å². The van der Waals surface area contributed by atoms with Crippen molar-refractivity contribution in [2.45, 2.75) is 50.7 Å². The number of carbonyl (C=O) groups is 6. The molecule has 0 bridgehead atoms. The molecular weight excluding hydrogens is 1580 g/mol. The molecule has 0 saturated carbocycles. The predicted molar refractivity (Wildman–Crippen MR) is 447 cm³/mol.